The highest BCUT2D eigenvalue weighted by atomic mass is 35.5. The van der Waals surface area contributed by atoms with Crippen LogP contribution in [0.4, 0.5) is 5.69 Å². The highest BCUT2D eigenvalue weighted by molar-refractivity contribution is 5.94. The number of anilines is 1. The van der Waals surface area contributed by atoms with Gasteiger partial charge in [0.05, 0.1) is 12.5 Å². The Balaban J connectivity index is 0.00000441. The van der Waals surface area contributed by atoms with Gasteiger partial charge in [-0.1, -0.05) is 32.4 Å². The lowest BCUT2D eigenvalue weighted by Crippen LogP contribution is -2.40. The van der Waals surface area contributed by atoms with Crippen molar-refractivity contribution in [3.8, 4) is 0 Å². The van der Waals surface area contributed by atoms with Gasteiger partial charge in [0, 0.05) is 19.8 Å². The topological polar surface area (TPSA) is 75.4 Å². The van der Waals surface area contributed by atoms with Gasteiger partial charge in [0.1, 0.15) is 0 Å². The van der Waals surface area contributed by atoms with E-state index in [-0.39, 0.29) is 30.1 Å². The highest BCUT2D eigenvalue weighted by Gasteiger charge is 2.19. The molecule has 0 aliphatic rings. The van der Waals surface area contributed by atoms with E-state index in [0.717, 1.165) is 12.0 Å². The molecule has 0 saturated carbocycles. The van der Waals surface area contributed by atoms with Crippen LogP contribution in [0.3, 0.4) is 0 Å². The first-order chi connectivity index (χ1) is 9.85. The maximum Gasteiger partial charge on any atom is 0.241 e. The number of hydrogen-bond donors (Lipinski definition) is 2. The average Bonchev–Trinajstić information content (AvgIpc) is 2.47. The van der Waals surface area contributed by atoms with Gasteiger partial charge in [-0.25, -0.2) is 0 Å². The molecule has 1 aromatic carbocycles. The fourth-order valence-electron chi connectivity index (χ4n) is 1.78. The Labute approximate surface area is 138 Å². The van der Waals surface area contributed by atoms with Crippen molar-refractivity contribution < 1.29 is 9.59 Å². The van der Waals surface area contributed by atoms with E-state index in [2.05, 4.69) is 5.32 Å². The minimum absolute atomic E-state index is 0. The van der Waals surface area contributed by atoms with Gasteiger partial charge in [-0.2, -0.15) is 0 Å². The molecule has 1 aromatic rings. The van der Waals surface area contributed by atoms with Crippen molar-refractivity contribution in [1.82, 2.24) is 4.90 Å². The van der Waals surface area contributed by atoms with Crippen LogP contribution in [-0.4, -0.2) is 36.9 Å². The van der Waals surface area contributed by atoms with Crippen LogP contribution in [-0.2, 0) is 16.0 Å². The van der Waals surface area contributed by atoms with Crippen LogP contribution in [0, 0.1) is 5.92 Å². The summed E-state index contributed by atoms with van der Waals surface area (Å²) >= 11 is 0. The number of hydrogen-bond acceptors (Lipinski definition) is 3. The molecule has 3 N–H and O–H groups in total. The largest absolute Gasteiger partial charge is 0.349 e. The van der Waals surface area contributed by atoms with Gasteiger partial charge in [0.25, 0.3) is 0 Å². The van der Waals surface area contributed by atoms with E-state index >= 15 is 0 Å². The molecule has 0 bridgehead atoms. The lowest BCUT2D eigenvalue weighted by molar-refractivity contribution is -0.128. The molecule has 0 saturated heterocycles. The third-order valence-corrected chi connectivity index (χ3v) is 3.64. The van der Waals surface area contributed by atoms with Crippen LogP contribution in [0.15, 0.2) is 24.3 Å². The van der Waals surface area contributed by atoms with E-state index in [1.807, 2.05) is 26.0 Å². The fraction of sp³-hybridized carbons (Fsp3) is 0.500. The number of nitrogens with one attached hydrogen (secondary N) is 1. The summed E-state index contributed by atoms with van der Waals surface area (Å²) in [5, 5.41) is 2.80. The molecule has 0 aliphatic heterocycles. The predicted octanol–water partition coefficient (Wildman–Crippen LogP) is 2.05. The molecule has 0 radical (unpaired) electrons. The lowest BCUT2D eigenvalue weighted by Gasteiger charge is -2.17. The summed E-state index contributed by atoms with van der Waals surface area (Å²) in [5.74, 6) is 0.00836. The summed E-state index contributed by atoms with van der Waals surface area (Å²) in [7, 11) is 3.46. The monoisotopic (exact) mass is 327 g/mol. The van der Waals surface area contributed by atoms with Crippen molar-refractivity contribution >= 4 is 29.9 Å². The van der Waals surface area contributed by atoms with Gasteiger partial charge in [0.15, 0.2) is 0 Å². The van der Waals surface area contributed by atoms with Crippen molar-refractivity contribution in [2.45, 2.75) is 32.7 Å². The molecule has 2 amide bonds. The number of rotatable bonds is 6. The van der Waals surface area contributed by atoms with Crippen molar-refractivity contribution in [2.24, 2.45) is 11.7 Å². The Bertz CT molecular complexity index is 489. The van der Waals surface area contributed by atoms with E-state index in [1.165, 1.54) is 0 Å². The number of carbonyl (C=O) groups is 2. The molecule has 0 aliphatic carbocycles. The number of nitrogens with zero attached hydrogens (tertiary/aromatic N) is 1. The summed E-state index contributed by atoms with van der Waals surface area (Å²) in [6, 6.07) is 6.75. The second kappa shape index (κ2) is 9.43. The predicted molar refractivity (Wildman–Crippen MR) is 92.1 cm³/mol. The molecule has 2 atom stereocenters. The zero-order chi connectivity index (χ0) is 16.0. The molecular formula is C16H26ClN3O2. The van der Waals surface area contributed by atoms with Gasteiger partial charge in [-0.05, 0) is 23.6 Å². The molecule has 0 heterocycles. The second-order valence-electron chi connectivity index (χ2n) is 5.56. The van der Waals surface area contributed by atoms with Crippen molar-refractivity contribution in [3.63, 3.8) is 0 Å². The van der Waals surface area contributed by atoms with Crippen molar-refractivity contribution in [2.75, 3.05) is 19.4 Å². The highest BCUT2D eigenvalue weighted by Crippen LogP contribution is 2.13. The first-order valence-corrected chi connectivity index (χ1v) is 7.20. The standard InChI is InChI=1S/C16H25N3O2.ClH/c1-5-11(2)15(17)16(21)18-13-8-6-12(7-9-13)10-14(20)19(3)4;/h6-9,11,15H,5,10,17H2,1-4H3,(H,18,21);1H. The Hall–Kier alpha value is -1.59. The van der Waals surface area contributed by atoms with Crippen LogP contribution in [0.5, 0.6) is 0 Å². The molecule has 0 spiro atoms. The lowest BCUT2D eigenvalue weighted by atomic mass is 9.99. The van der Waals surface area contributed by atoms with Gasteiger partial charge >= 0.3 is 0 Å². The van der Waals surface area contributed by atoms with Crippen molar-refractivity contribution in [1.29, 1.82) is 0 Å². The number of likely N-dealkylation sites (N-methyl/N-ethyl adjacent to an activating group) is 1. The Morgan fingerprint density at radius 1 is 1.23 bits per heavy atom. The van der Waals surface area contributed by atoms with E-state index in [9.17, 15) is 9.59 Å². The third kappa shape index (κ3) is 6.03. The van der Waals surface area contributed by atoms with Gasteiger partial charge < -0.3 is 16.0 Å². The fourth-order valence-corrected chi connectivity index (χ4v) is 1.78. The maximum atomic E-state index is 12.0. The SMILES string of the molecule is CCC(C)C(N)C(=O)Nc1ccc(CC(=O)N(C)C)cc1.Cl. The molecule has 124 valence electrons. The molecule has 0 fully saturated rings. The Morgan fingerprint density at radius 3 is 2.23 bits per heavy atom. The Kier molecular flexibility index (Phi) is 8.75. The number of carbonyl (C=O) groups excluding carboxylic acids is 2. The van der Waals surface area contributed by atoms with E-state index in [0.29, 0.717) is 12.1 Å². The third-order valence-electron chi connectivity index (χ3n) is 3.64. The van der Waals surface area contributed by atoms with Crippen LogP contribution in [0.25, 0.3) is 0 Å². The Morgan fingerprint density at radius 2 is 1.77 bits per heavy atom. The number of nitrogens with two attached hydrogens (primary N) is 1. The second-order valence-corrected chi connectivity index (χ2v) is 5.56. The molecule has 6 heteroatoms. The maximum absolute atomic E-state index is 12.0. The first-order valence-electron chi connectivity index (χ1n) is 7.20. The minimum atomic E-state index is -0.509. The summed E-state index contributed by atoms with van der Waals surface area (Å²) in [4.78, 5) is 25.1. The number of amides is 2. The molecular weight excluding hydrogens is 302 g/mol. The average molecular weight is 328 g/mol. The quantitative estimate of drug-likeness (QED) is 0.839. The summed E-state index contributed by atoms with van der Waals surface area (Å²) in [6.07, 6.45) is 1.22. The van der Waals surface area contributed by atoms with Gasteiger partial charge in [-0.15, -0.1) is 12.4 Å². The van der Waals surface area contributed by atoms with Gasteiger partial charge in [-0.3, -0.25) is 9.59 Å². The van der Waals surface area contributed by atoms with Crippen LogP contribution in [0.1, 0.15) is 25.8 Å². The first kappa shape index (κ1) is 20.4. The normalized spacial score (nSPS) is 12.8. The molecule has 1 rings (SSSR count). The van der Waals surface area contributed by atoms with Crippen molar-refractivity contribution in [3.05, 3.63) is 29.8 Å². The van der Waals surface area contributed by atoms with Crippen LogP contribution < -0.4 is 11.1 Å². The summed E-state index contributed by atoms with van der Waals surface area (Å²) in [5.41, 5.74) is 7.49. The van der Waals surface area contributed by atoms with Crippen LogP contribution >= 0.6 is 12.4 Å². The number of halogens is 1. The molecule has 5 nitrogen and oxygen atoms in total. The molecule has 2 unspecified atom stereocenters. The van der Waals surface area contributed by atoms with E-state index < -0.39 is 6.04 Å². The number of benzene rings is 1. The minimum Gasteiger partial charge on any atom is -0.349 e. The van der Waals surface area contributed by atoms with Gasteiger partial charge in [0.2, 0.25) is 11.8 Å². The van der Waals surface area contributed by atoms with E-state index in [4.69, 9.17) is 5.73 Å². The summed E-state index contributed by atoms with van der Waals surface area (Å²) < 4.78 is 0. The summed E-state index contributed by atoms with van der Waals surface area (Å²) in [6.45, 7) is 3.97. The smallest absolute Gasteiger partial charge is 0.241 e. The van der Waals surface area contributed by atoms with E-state index in [1.54, 1.807) is 31.1 Å². The molecule has 0 aromatic heterocycles. The zero-order valence-electron chi connectivity index (χ0n) is 13.6. The zero-order valence-corrected chi connectivity index (χ0v) is 14.4. The van der Waals surface area contributed by atoms with Crippen LogP contribution in [0.2, 0.25) is 0 Å². The molecule has 22 heavy (non-hydrogen) atoms.